The van der Waals surface area contributed by atoms with Crippen LogP contribution in [0.2, 0.25) is 0 Å². The maximum atomic E-state index is 12.3. The Balaban J connectivity index is -0.000000815. The van der Waals surface area contributed by atoms with Gasteiger partial charge in [-0.15, -0.1) is 0 Å². The van der Waals surface area contributed by atoms with E-state index in [1.807, 2.05) is 83.1 Å². The fourth-order valence-electron chi connectivity index (χ4n) is 5.96. The molecule has 1 saturated carbocycles. The molecule has 2 rings (SSSR count). The van der Waals surface area contributed by atoms with E-state index in [1.165, 1.54) is 0 Å². The highest BCUT2D eigenvalue weighted by atomic mass is 16.4. The lowest BCUT2D eigenvalue weighted by Crippen LogP contribution is -2.59. The summed E-state index contributed by atoms with van der Waals surface area (Å²) in [6.45, 7) is 40.9. The summed E-state index contributed by atoms with van der Waals surface area (Å²) in [4.78, 5) is 105. The molecule has 66 heavy (non-hydrogen) atoms. The molecule has 0 bridgehead atoms. The van der Waals surface area contributed by atoms with Crippen molar-refractivity contribution in [2.24, 2.45) is 44.1 Å². The van der Waals surface area contributed by atoms with E-state index in [1.54, 1.807) is 0 Å². The van der Waals surface area contributed by atoms with Crippen LogP contribution in [0.5, 0.6) is 0 Å². The van der Waals surface area contributed by atoms with Crippen LogP contribution in [-0.4, -0.2) is 92.7 Å². The second-order valence-electron chi connectivity index (χ2n) is 25.7. The Morgan fingerprint density at radius 1 is 0.636 bits per heavy atom. The van der Waals surface area contributed by atoms with E-state index in [9.17, 15) is 43.2 Å². The van der Waals surface area contributed by atoms with Crippen molar-refractivity contribution in [3.8, 4) is 0 Å². The minimum atomic E-state index is -1.05. The fraction of sp³-hybridized carbons (Fsp3) is 0.824. The number of carboxylic acid groups (broad SMARTS) is 2. The molecular formula is C51H94N4O11. The summed E-state index contributed by atoms with van der Waals surface area (Å²) in [5.41, 5.74) is 5.08. The Kier molecular flexibility index (Phi) is 27.8. The molecule has 1 saturated heterocycles. The molecule has 4 amide bonds. The third kappa shape index (κ3) is 36.2. The number of nitrogens with one attached hydrogen (secondary N) is 2. The van der Waals surface area contributed by atoms with Gasteiger partial charge in [0.25, 0.3) is 0 Å². The minimum Gasteiger partial charge on any atom is -0.481 e. The van der Waals surface area contributed by atoms with Crippen LogP contribution in [0.1, 0.15) is 209 Å². The fourth-order valence-corrected chi connectivity index (χ4v) is 5.96. The lowest BCUT2D eigenvalue weighted by Gasteiger charge is -2.42. The molecule has 0 aromatic heterocycles. The van der Waals surface area contributed by atoms with Crippen molar-refractivity contribution in [2.75, 3.05) is 13.1 Å². The lowest BCUT2D eigenvalue weighted by atomic mass is 9.70. The number of Topliss-reactive ketones (excluding diaryl/α,β-unsaturated/α-hetero) is 3. The number of ketones is 3. The molecule has 15 nitrogen and oxygen atoms in total. The number of likely N-dealkylation sites (tertiary alicyclic amines) is 1. The van der Waals surface area contributed by atoms with E-state index < -0.39 is 29.4 Å². The molecule has 1 aliphatic carbocycles. The molecule has 1 aliphatic heterocycles. The normalized spacial score (nSPS) is 16.4. The van der Waals surface area contributed by atoms with E-state index in [-0.39, 0.29) is 108 Å². The summed E-state index contributed by atoms with van der Waals surface area (Å²) < 4.78 is 0. The number of hydrogen-bond donors (Lipinski definition) is 5. The van der Waals surface area contributed by atoms with Crippen molar-refractivity contribution < 1.29 is 53.4 Å². The minimum absolute atomic E-state index is 0.0216. The number of imide groups is 1. The van der Waals surface area contributed by atoms with Crippen molar-refractivity contribution in [3.05, 3.63) is 0 Å². The number of carbonyl (C=O) groups is 9. The summed E-state index contributed by atoms with van der Waals surface area (Å²) >= 11 is 0. The van der Waals surface area contributed by atoms with E-state index in [2.05, 4.69) is 66.0 Å². The molecule has 0 aromatic carbocycles. The summed E-state index contributed by atoms with van der Waals surface area (Å²) in [5, 5.41) is 22.2. The van der Waals surface area contributed by atoms with E-state index >= 15 is 0 Å². The average molecular weight is 939 g/mol. The molecule has 2 aliphatic rings. The maximum absolute atomic E-state index is 12.3. The second kappa shape index (κ2) is 27.7. The monoisotopic (exact) mass is 939 g/mol. The number of carboxylic acids is 2. The van der Waals surface area contributed by atoms with Gasteiger partial charge in [0.2, 0.25) is 23.6 Å². The van der Waals surface area contributed by atoms with Gasteiger partial charge in [-0.1, -0.05) is 138 Å². The van der Waals surface area contributed by atoms with Gasteiger partial charge in [0.05, 0.1) is 36.9 Å². The van der Waals surface area contributed by atoms with E-state index in [0.717, 1.165) is 11.3 Å². The molecule has 2 unspecified atom stereocenters. The Bertz CT molecular complexity index is 1600. The van der Waals surface area contributed by atoms with Crippen molar-refractivity contribution in [1.29, 1.82) is 0 Å². The molecule has 1 heterocycles. The van der Waals surface area contributed by atoms with Gasteiger partial charge in [-0.3, -0.25) is 48.1 Å². The Morgan fingerprint density at radius 2 is 1.03 bits per heavy atom. The highest BCUT2D eigenvalue weighted by molar-refractivity contribution is 6.06. The largest absolute Gasteiger partial charge is 0.481 e. The summed E-state index contributed by atoms with van der Waals surface area (Å²) in [6, 6.07) is -0.731. The van der Waals surface area contributed by atoms with Crippen LogP contribution in [0.4, 0.5) is 0 Å². The molecular weight excluding hydrogens is 845 g/mol. The zero-order chi connectivity index (χ0) is 53.0. The molecule has 6 N–H and O–H groups in total. The van der Waals surface area contributed by atoms with Crippen LogP contribution in [0.25, 0.3) is 0 Å². The molecule has 0 spiro atoms. The van der Waals surface area contributed by atoms with Gasteiger partial charge in [0, 0.05) is 45.1 Å². The molecule has 384 valence electrons. The van der Waals surface area contributed by atoms with Gasteiger partial charge < -0.3 is 26.6 Å². The van der Waals surface area contributed by atoms with E-state index in [4.69, 9.17) is 15.9 Å². The van der Waals surface area contributed by atoms with Crippen LogP contribution in [0.3, 0.4) is 0 Å². The molecule has 0 radical (unpaired) electrons. The van der Waals surface area contributed by atoms with Crippen LogP contribution in [0.15, 0.2) is 0 Å². The Labute approximate surface area is 398 Å². The average Bonchev–Trinajstić information content (AvgIpc) is 3.32. The zero-order valence-corrected chi connectivity index (χ0v) is 44.9. The van der Waals surface area contributed by atoms with Gasteiger partial charge in [-0.2, -0.15) is 0 Å². The Hall–Kier alpha value is -4.01. The molecule has 2 atom stereocenters. The molecule has 15 heteroatoms. The second-order valence-corrected chi connectivity index (χ2v) is 25.7. The van der Waals surface area contributed by atoms with E-state index in [0.29, 0.717) is 42.9 Å². The van der Waals surface area contributed by atoms with Crippen LogP contribution in [-0.2, 0) is 43.2 Å². The summed E-state index contributed by atoms with van der Waals surface area (Å²) in [7, 11) is 0. The van der Waals surface area contributed by atoms with Crippen molar-refractivity contribution in [1.82, 2.24) is 15.5 Å². The maximum Gasteiger partial charge on any atom is 0.303 e. The van der Waals surface area contributed by atoms with Crippen molar-refractivity contribution in [3.63, 3.8) is 0 Å². The van der Waals surface area contributed by atoms with Crippen molar-refractivity contribution >= 4 is 52.9 Å². The summed E-state index contributed by atoms with van der Waals surface area (Å²) in [6.07, 6.45) is 2.94. The number of nitrogens with zero attached hydrogens (tertiary/aromatic N) is 1. The topological polar surface area (TPSA) is 247 Å². The standard InChI is InChI=1S/C15H25NO3.C14H23NO4.C12H22N2O4.2C5H12/c1-14(2,3)8-10(17)9-16-12(18)7-11(13(16)19)15(4,5)6;1-13(2,3)9-10(16)14(7-4-8-14)15-11(17)5-6-12(18)19;1-12(2,3)6-9(15)8(7-13)14-10(16)4-5-11(17)18;2*1-5(2,3)4/h11H,7-9H2,1-6H3;4-9H2,1-3H3,(H,15,17)(H,18,19);8H,4-7,13H2,1-3H3,(H,14,16)(H,17,18);2*1-4H3. The van der Waals surface area contributed by atoms with Gasteiger partial charge in [-0.25, -0.2) is 0 Å². The number of hydrogen-bond acceptors (Lipinski definition) is 10. The lowest BCUT2D eigenvalue weighted by molar-refractivity contribution is -0.144. The quantitative estimate of drug-likeness (QED) is 0.0912. The number of carbonyl (C=O) groups excluding carboxylic acids is 7. The first kappa shape index (κ1) is 66.3. The molecule has 0 aromatic rings. The highest BCUT2D eigenvalue weighted by Crippen LogP contribution is 2.37. The predicted octanol–water partition coefficient (Wildman–Crippen LogP) is 8.71. The van der Waals surface area contributed by atoms with Crippen LogP contribution >= 0.6 is 0 Å². The highest BCUT2D eigenvalue weighted by Gasteiger charge is 2.46. The van der Waals surface area contributed by atoms with Gasteiger partial charge in [-0.05, 0) is 51.8 Å². The Morgan fingerprint density at radius 3 is 1.33 bits per heavy atom. The third-order valence-corrected chi connectivity index (χ3v) is 8.96. The number of rotatable bonds is 16. The number of nitrogens with two attached hydrogens (primary N) is 1. The number of amides is 4. The first-order valence-corrected chi connectivity index (χ1v) is 23.4. The smallest absolute Gasteiger partial charge is 0.303 e. The van der Waals surface area contributed by atoms with Crippen LogP contribution in [0, 0.1) is 38.4 Å². The predicted molar refractivity (Wildman–Crippen MR) is 261 cm³/mol. The van der Waals surface area contributed by atoms with Gasteiger partial charge >= 0.3 is 11.9 Å². The summed E-state index contributed by atoms with van der Waals surface area (Å²) in [5.74, 6) is -3.68. The van der Waals surface area contributed by atoms with Crippen molar-refractivity contribution in [2.45, 2.75) is 221 Å². The van der Waals surface area contributed by atoms with Gasteiger partial charge in [0.1, 0.15) is 0 Å². The van der Waals surface area contributed by atoms with Gasteiger partial charge in [0.15, 0.2) is 17.3 Å². The number of aliphatic carboxylic acids is 2. The first-order chi connectivity index (χ1) is 29.2. The first-order valence-electron chi connectivity index (χ1n) is 23.4. The SMILES string of the molecule is CC(C)(C)C.CC(C)(C)C.CC(C)(C)CC(=O)C(CN)NC(=O)CCC(=O)O.CC(C)(C)CC(=O)C1(NC(=O)CCC(=O)O)CCC1.CC(C)(C)CC(=O)CN1C(=O)CC(C(C)(C)C)C1=O. The van der Waals surface area contributed by atoms with Crippen LogP contribution < -0.4 is 16.4 Å². The molecule has 2 fully saturated rings. The zero-order valence-electron chi connectivity index (χ0n) is 44.9. The third-order valence-electron chi connectivity index (χ3n) is 8.96.